The van der Waals surface area contributed by atoms with Crippen LogP contribution in [0.15, 0.2) is 0 Å². The van der Waals surface area contributed by atoms with Crippen LogP contribution >= 0.6 is 0 Å². The van der Waals surface area contributed by atoms with Gasteiger partial charge in [0.15, 0.2) is 0 Å². The van der Waals surface area contributed by atoms with Gasteiger partial charge in [0.2, 0.25) is 0 Å². The zero-order valence-electron chi connectivity index (χ0n) is 11.3. The molecule has 0 spiro atoms. The van der Waals surface area contributed by atoms with Crippen LogP contribution in [-0.4, -0.2) is 18.8 Å². The lowest BCUT2D eigenvalue weighted by molar-refractivity contribution is -0.129. The van der Waals surface area contributed by atoms with Gasteiger partial charge in [0.1, 0.15) is 0 Å². The average Bonchev–Trinajstić information content (AvgIpc) is 2.26. The van der Waals surface area contributed by atoms with E-state index in [-0.39, 0.29) is 6.04 Å². The van der Waals surface area contributed by atoms with Crippen LogP contribution in [-0.2, 0) is 4.74 Å². The normalized spacial score (nSPS) is 45.5. The first-order valence-corrected chi connectivity index (χ1v) is 7.50. The van der Waals surface area contributed by atoms with E-state index >= 15 is 0 Å². The summed E-state index contributed by atoms with van der Waals surface area (Å²) < 4.78 is 6.22. The SMILES string of the molecule is CC(C)C(N)COC1C2CC3CC(C2)CC1C3. The lowest BCUT2D eigenvalue weighted by atomic mass is 9.55. The first-order valence-electron chi connectivity index (χ1n) is 7.50. The first-order chi connectivity index (χ1) is 8.13. The Morgan fingerprint density at radius 3 is 2.00 bits per heavy atom. The van der Waals surface area contributed by atoms with Crippen LogP contribution in [0, 0.1) is 29.6 Å². The molecule has 4 rings (SSSR count). The van der Waals surface area contributed by atoms with Gasteiger partial charge in [-0.25, -0.2) is 0 Å². The van der Waals surface area contributed by atoms with Crippen LogP contribution in [0.3, 0.4) is 0 Å². The van der Waals surface area contributed by atoms with Crippen molar-refractivity contribution < 1.29 is 4.74 Å². The minimum atomic E-state index is 0.215. The second-order valence-electron chi connectivity index (χ2n) is 7.14. The van der Waals surface area contributed by atoms with Gasteiger partial charge in [-0.1, -0.05) is 13.8 Å². The highest BCUT2D eigenvalue weighted by Crippen LogP contribution is 2.54. The zero-order chi connectivity index (χ0) is 12.0. The molecular formula is C15H27NO. The molecule has 2 N–H and O–H groups in total. The van der Waals surface area contributed by atoms with Crippen molar-refractivity contribution in [2.45, 2.75) is 58.1 Å². The molecule has 0 saturated heterocycles. The van der Waals surface area contributed by atoms with Crippen molar-refractivity contribution in [2.75, 3.05) is 6.61 Å². The highest BCUT2D eigenvalue weighted by molar-refractivity contribution is 4.99. The molecule has 1 atom stereocenters. The zero-order valence-corrected chi connectivity index (χ0v) is 11.3. The number of rotatable bonds is 4. The van der Waals surface area contributed by atoms with Crippen molar-refractivity contribution in [3.8, 4) is 0 Å². The second kappa shape index (κ2) is 4.55. The standard InChI is InChI=1S/C15H27NO/c1-9(2)14(16)8-17-15-12-4-10-3-11(6-12)7-13(15)5-10/h9-15H,3-8,16H2,1-2H3. The molecule has 0 aromatic carbocycles. The molecular weight excluding hydrogens is 210 g/mol. The van der Waals surface area contributed by atoms with Gasteiger partial charge in [-0.15, -0.1) is 0 Å². The maximum absolute atomic E-state index is 6.22. The van der Waals surface area contributed by atoms with E-state index in [1.165, 1.54) is 32.1 Å². The summed E-state index contributed by atoms with van der Waals surface area (Å²) in [7, 11) is 0. The van der Waals surface area contributed by atoms with Crippen molar-refractivity contribution in [3.63, 3.8) is 0 Å². The molecule has 1 unspecified atom stereocenters. The van der Waals surface area contributed by atoms with Crippen LogP contribution in [0.5, 0.6) is 0 Å². The summed E-state index contributed by atoms with van der Waals surface area (Å²) in [5.41, 5.74) is 6.10. The van der Waals surface area contributed by atoms with Gasteiger partial charge in [-0.2, -0.15) is 0 Å². The maximum Gasteiger partial charge on any atom is 0.0632 e. The maximum atomic E-state index is 6.22. The minimum absolute atomic E-state index is 0.215. The molecule has 4 bridgehead atoms. The summed E-state index contributed by atoms with van der Waals surface area (Å²) in [5, 5.41) is 0. The average molecular weight is 237 g/mol. The Hall–Kier alpha value is -0.0800. The Morgan fingerprint density at radius 1 is 1.00 bits per heavy atom. The van der Waals surface area contributed by atoms with Crippen molar-refractivity contribution in [3.05, 3.63) is 0 Å². The fourth-order valence-electron chi connectivity index (χ4n) is 4.56. The molecule has 4 aliphatic rings. The Balaban J connectivity index is 1.57. The third-order valence-electron chi connectivity index (χ3n) is 5.48. The fraction of sp³-hybridized carbons (Fsp3) is 1.00. The van der Waals surface area contributed by atoms with Crippen LogP contribution in [0.2, 0.25) is 0 Å². The highest BCUT2D eigenvalue weighted by atomic mass is 16.5. The Kier molecular flexibility index (Phi) is 3.20. The Bertz CT molecular complexity index is 248. The smallest absolute Gasteiger partial charge is 0.0632 e. The summed E-state index contributed by atoms with van der Waals surface area (Å²) in [6.45, 7) is 5.14. The second-order valence-corrected chi connectivity index (χ2v) is 7.14. The van der Waals surface area contributed by atoms with Gasteiger partial charge in [0.05, 0.1) is 12.7 Å². The van der Waals surface area contributed by atoms with Gasteiger partial charge in [-0.05, 0) is 61.7 Å². The first kappa shape index (κ1) is 12.0. The third kappa shape index (κ3) is 2.26. The van der Waals surface area contributed by atoms with E-state index in [2.05, 4.69) is 13.8 Å². The van der Waals surface area contributed by atoms with Crippen LogP contribution in [0.4, 0.5) is 0 Å². The van der Waals surface area contributed by atoms with Crippen LogP contribution in [0.1, 0.15) is 46.0 Å². The van der Waals surface area contributed by atoms with E-state index in [9.17, 15) is 0 Å². The van der Waals surface area contributed by atoms with Gasteiger partial charge >= 0.3 is 0 Å². The third-order valence-corrected chi connectivity index (χ3v) is 5.48. The van der Waals surface area contributed by atoms with Crippen LogP contribution in [0.25, 0.3) is 0 Å². The number of nitrogens with two attached hydrogens (primary N) is 1. The fourth-order valence-corrected chi connectivity index (χ4v) is 4.56. The lowest BCUT2D eigenvalue weighted by Crippen LogP contribution is -2.50. The summed E-state index contributed by atoms with van der Waals surface area (Å²) in [5.74, 6) is 4.34. The molecule has 98 valence electrons. The molecule has 2 nitrogen and oxygen atoms in total. The monoisotopic (exact) mass is 237 g/mol. The van der Waals surface area contributed by atoms with Crippen LogP contribution < -0.4 is 5.73 Å². The molecule has 4 aliphatic carbocycles. The van der Waals surface area contributed by atoms with E-state index in [0.717, 1.165) is 30.3 Å². The quantitative estimate of drug-likeness (QED) is 0.816. The predicted molar refractivity (Wildman–Crippen MR) is 69.6 cm³/mol. The summed E-state index contributed by atoms with van der Waals surface area (Å²) in [4.78, 5) is 0. The summed E-state index contributed by atoms with van der Waals surface area (Å²) in [6, 6.07) is 0.215. The Morgan fingerprint density at radius 2 is 1.53 bits per heavy atom. The van der Waals surface area contributed by atoms with Gasteiger partial charge in [0, 0.05) is 6.04 Å². The predicted octanol–water partition coefficient (Wildman–Crippen LogP) is 2.81. The van der Waals surface area contributed by atoms with Crippen molar-refractivity contribution in [2.24, 2.45) is 35.3 Å². The van der Waals surface area contributed by atoms with Crippen molar-refractivity contribution in [1.29, 1.82) is 0 Å². The van der Waals surface area contributed by atoms with E-state index in [0.29, 0.717) is 12.0 Å². The lowest BCUT2D eigenvalue weighted by Gasteiger charge is -2.54. The molecule has 0 radical (unpaired) electrons. The molecule has 4 fully saturated rings. The van der Waals surface area contributed by atoms with E-state index in [4.69, 9.17) is 10.5 Å². The topological polar surface area (TPSA) is 35.2 Å². The van der Waals surface area contributed by atoms with Gasteiger partial charge in [0.25, 0.3) is 0 Å². The van der Waals surface area contributed by atoms with E-state index in [1.807, 2.05) is 0 Å². The Labute approximate surface area is 105 Å². The minimum Gasteiger partial charge on any atom is -0.376 e. The van der Waals surface area contributed by atoms with E-state index < -0.39 is 0 Å². The molecule has 2 heteroatoms. The van der Waals surface area contributed by atoms with Crippen molar-refractivity contribution >= 4 is 0 Å². The number of hydrogen-bond acceptors (Lipinski definition) is 2. The van der Waals surface area contributed by atoms with E-state index in [1.54, 1.807) is 0 Å². The van der Waals surface area contributed by atoms with Gasteiger partial charge < -0.3 is 10.5 Å². The number of ether oxygens (including phenoxy) is 1. The number of hydrogen-bond donors (Lipinski definition) is 1. The summed E-state index contributed by atoms with van der Waals surface area (Å²) in [6.07, 6.45) is 7.82. The molecule has 0 aliphatic heterocycles. The molecule has 0 amide bonds. The molecule has 0 heterocycles. The van der Waals surface area contributed by atoms with Gasteiger partial charge in [-0.3, -0.25) is 0 Å². The molecule has 0 aromatic heterocycles. The highest BCUT2D eigenvalue weighted by Gasteiger charge is 2.48. The molecule has 17 heavy (non-hydrogen) atoms. The largest absolute Gasteiger partial charge is 0.376 e. The summed E-state index contributed by atoms with van der Waals surface area (Å²) >= 11 is 0. The molecule has 4 saturated carbocycles. The molecule has 0 aromatic rings. The van der Waals surface area contributed by atoms with Crippen molar-refractivity contribution in [1.82, 2.24) is 0 Å².